The highest BCUT2D eigenvalue weighted by molar-refractivity contribution is 7.99. The quantitative estimate of drug-likeness (QED) is 0.598. The minimum Gasteiger partial charge on any atom is -0.468 e. The fourth-order valence-corrected chi connectivity index (χ4v) is 2.80. The van der Waals surface area contributed by atoms with Gasteiger partial charge in [-0.05, 0) is 18.8 Å². The molecule has 0 radical (unpaired) electrons. The molecule has 1 unspecified atom stereocenters. The molecule has 94 valence electrons. The van der Waals surface area contributed by atoms with Gasteiger partial charge in [-0.1, -0.05) is 11.8 Å². The summed E-state index contributed by atoms with van der Waals surface area (Å²) in [5.41, 5.74) is 5.27. The lowest BCUT2D eigenvalue weighted by molar-refractivity contribution is -0.146. The highest BCUT2D eigenvalue weighted by atomic mass is 32.2. The maximum atomic E-state index is 11.8. The van der Waals surface area contributed by atoms with Gasteiger partial charge in [0.15, 0.2) is 5.16 Å². The van der Waals surface area contributed by atoms with E-state index >= 15 is 0 Å². The molecule has 1 fully saturated rings. The van der Waals surface area contributed by atoms with Gasteiger partial charge in [0.05, 0.1) is 7.11 Å². The molecule has 0 bridgehead atoms. The Morgan fingerprint density at radius 3 is 2.94 bits per heavy atom. The van der Waals surface area contributed by atoms with Crippen LogP contribution in [0.4, 0.5) is 0 Å². The molecule has 1 aromatic rings. The van der Waals surface area contributed by atoms with Crippen LogP contribution in [0.25, 0.3) is 0 Å². The van der Waals surface area contributed by atoms with Crippen LogP contribution in [0.3, 0.4) is 0 Å². The molecule has 0 aliphatic heterocycles. The van der Waals surface area contributed by atoms with Gasteiger partial charge in [0.1, 0.15) is 11.9 Å². The fraction of sp³-hybridized carbons (Fsp3) is 0.700. The van der Waals surface area contributed by atoms with Crippen molar-refractivity contribution in [2.45, 2.75) is 23.5 Å². The number of nitrogens with two attached hydrogens (primary N) is 1. The average Bonchev–Trinajstić information content (AvgIpc) is 3.10. The van der Waals surface area contributed by atoms with Gasteiger partial charge < -0.3 is 15.0 Å². The highest BCUT2D eigenvalue weighted by Crippen LogP contribution is 2.41. The first kappa shape index (κ1) is 12.4. The van der Waals surface area contributed by atoms with Crippen LogP contribution >= 0.6 is 11.8 Å². The molecule has 2 N–H and O–H groups in total. The summed E-state index contributed by atoms with van der Waals surface area (Å²) >= 11 is 1.44. The van der Waals surface area contributed by atoms with E-state index in [0.29, 0.717) is 5.75 Å². The predicted molar refractivity (Wildman–Crippen MR) is 63.4 cm³/mol. The summed E-state index contributed by atoms with van der Waals surface area (Å²) in [7, 11) is 3.23. The maximum absolute atomic E-state index is 11.8. The first-order valence-corrected chi connectivity index (χ1v) is 6.40. The largest absolute Gasteiger partial charge is 0.468 e. The molecule has 1 atom stereocenters. The van der Waals surface area contributed by atoms with Crippen molar-refractivity contribution in [3.8, 4) is 0 Å². The molecule has 0 amide bonds. The van der Waals surface area contributed by atoms with Crippen molar-refractivity contribution < 1.29 is 9.53 Å². The lowest BCUT2D eigenvalue weighted by Gasteiger charge is -2.25. The summed E-state index contributed by atoms with van der Waals surface area (Å²) in [4.78, 5) is 11.8. The third-order valence-corrected chi connectivity index (χ3v) is 4.23. The molecule has 17 heavy (non-hydrogen) atoms. The number of aromatic nitrogens is 3. The van der Waals surface area contributed by atoms with Gasteiger partial charge >= 0.3 is 5.97 Å². The third-order valence-electron chi connectivity index (χ3n) is 2.98. The Morgan fingerprint density at radius 1 is 1.76 bits per heavy atom. The number of esters is 1. The first-order chi connectivity index (χ1) is 8.08. The molecule has 7 heteroatoms. The summed E-state index contributed by atoms with van der Waals surface area (Å²) in [6.07, 6.45) is 3.60. The number of hydrogen-bond acceptors (Lipinski definition) is 6. The van der Waals surface area contributed by atoms with Gasteiger partial charge in [-0.2, -0.15) is 0 Å². The number of aryl methyl sites for hydroxylation is 1. The molecule has 1 saturated carbocycles. The molecule has 1 heterocycles. The number of nitrogens with zero attached hydrogens (tertiary/aromatic N) is 3. The van der Waals surface area contributed by atoms with Crippen molar-refractivity contribution in [1.82, 2.24) is 14.8 Å². The topological polar surface area (TPSA) is 83.0 Å². The van der Waals surface area contributed by atoms with E-state index in [1.807, 2.05) is 7.05 Å². The highest BCUT2D eigenvalue weighted by Gasteiger charge is 2.49. The smallest absolute Gasteiger partial charge is 0.327 e. The number of carbonyl (C=O) groups is 1. The van der Waals surface area contributed by atoms with Gasteiger partial charge in [0.2, 0.25) is 0 Å². The second kappa shape index (κ2) is 4.66. The number of carbonyl (C=O) groups excluding carboxylic acids is 1. The van der Waals surface area contributed by atoms with E-state index in [4.69, 9.17) is 10.5 Å². The molecule has 0 spiro atoms. The molecule has 1 aliphatic rings. The summed E-state index contributed by atoms with van der Waals surface area (Å²) in [6, 6.07) is 0. The van der Waals surface area contributed by atoms with Crippen LogP contribution in [0, 0.1) is 5.92 Å². The van der Waals surface area contributed by atoms with E-state index in [1.165, 1.54) is 18.9 Å². The Kier molecular flexibility index (Phi) is 3.39. The van der Waals surface area contributed by atoms with Gasteiger partial charge in [-0.3, -0.25) is 4.79 Å². The monoisotopic (exact) mass is 256 g/mol. The maximum Gasteiger partial charge on any atom is 0.327 e. The summed E-state index contributed by atoms with van der Waals surface area (Å²) in [5, 5.41) is 8.49. The molecule has 1 aliphatic carbocycles. The molecule has 2 rings (SSSR count). The molecule has 6 nitrogen and oxygen atoms in total. The van der Waals surface area contributed by atoms with Gasteiger partial charge in [0, 0.05) is 12.8 Å². The molecular weight excluding hydrogens is 240 g/mol. The van der Waals surface area contributed by atoms with E-state index in [1.54, 1.807) is 10.9 Å². The average molecular weight is 256 g/mol. The lowest BCUT2D eigenvalue weighted by Crippen LogP contribution is -2.53. The Balaban J connectivity index is 2.04. The molecular formula is C10H16N4O2S. The zero-order valence-electron chi connectivity index (χ0n) is 9.92. The number of rotatable bonds is 5. The number of hydrogen-bond donors (Lipinski definition) is 1. The van der Waals surface area contributed by atoms with Crippen molar-refractivity contribution >= 4 is 17.7 Å². The second-order valence-corrected chi connectivity index (χ2v) is 5.26. The van der Waals surface area contributed by atoms with Crippen LogP contribution in [0.1, 0.15) is 12.8 Å². The van der Waals surface area contributed by atoms with Crippen LogP contribution in [-0.4, -0.2) is 39.1 Å². The van der Waals surface area contributed by atoms with Gasteiger partial charge in [-0.15, -0.1) is 10.2 Å². The summed E-state index contributed by atoms with van der Waals surface area (Å²) < 4.78 is 6.60. The first-order valence-electron chi connectivity index (χ1n) is 5.42. The third kappa shape index (κ3) is 2.44. The minimum absolute atomic E-state index is 0.232. The Labute approximate surface area is 104 Å². The van der Waals surface area contributed by atoms with Crippen LogP contribution in [0.2, 0.25) is 0 Å². The van der Waals surface area contributed by atoms with E-state index in [2.05, 4.69) is 10.2 Å². The van der Waals surface area contributed by atoms with Gasteiger partial charge in [-0.25, -0.2) is 0 Å². The lowest BCUT2D eigenvalue weighted by atomic mass is 9.97. The zero-order chi connectivity index (χ0) is 12.5. The normalized spacial score (nSPS) is 18.8. The number of ether oxygens (including phenoxy) is 1. The van der Waals surface area contributed by atoms with Crippen molar-refractivity contribution in [3.63, 3.8) is 0 Å². The fourth-order valence-electron chi connectivity index (χ4n) is 1.72. The van der Waals surface area contributed by atoms with Crippen LogP contribution in [-0.2, 0) is 16.6 Å². The van der Waals surface area contributed by atoms with Crippen LogP contribution in [0.15, 0.2) is 11.5 Å². The van der Waals surface area contributed by atoms with Crippen molar-refractivity contribution in [2.24, 2.45) is 18.7 Å². The van der Waals surface area contributed by atoms with E-state index in [9.17, 15) is 4.79 Å². The minimum atomic E-state index is -0.897. The standard InChI is InChI=1S/C10H16N4O2S/c1-14-6-12-13-9(14)17-5-10(11,7-3-4-7)8(15)16-2/h6-7H,3-5,11H2,1-2H3. The summed E-state index contributed by atoms with van der Waals surface area (Å²) in [5.74, 6) is 0.363. The van der Waals surface area contributed by atoms with Crippen molar-refractivity contribution in [2.75, 3.05) is 12.9 Å². The van der Waals surface area contributed by atoms with Crippen molar-refractivity contribution in [1.29, 1.82) is 0 Å². The molecule has 1 aromatic heterocycles. The molecule has 0 aromatic carbocycles. The van der Waals surface area contributed by atoms with Crippen LogP contribution < -0.4 is 5.73 Å². The summed E-state index contributed by atoms with van der Waals surface area (Å²) in [6.45, 7) is 0. The zero-order valence-corrected chi connectivity index (χ0v) is 10.7. The van der Waals surface area contributed by atoms with Crippen LogP contribution in [0.5, 0.6) is 0 Å². The Hall–Kier alpha value is -1.08. The predicted octanol–water partition coefficient (Wildman–Crippen LogP) is 0.188. The van der Waals surface area contributed by atoms with E-state index in [-0.39, 0.29) is 11.9 Å². The number of thioether (sulfide) groups is 1. The van der Waals surface area contributed by atoms with E-state index in [0.717, 1.165) is 18.0 Å². The second-order valence-electron chi connectivity index (χ2n) is 4.32. The van der Waals surface area contributed by atoms with Crippen molar-refractivity contribution in [3.05, 3.63) is 6.33 Å². The molecule has 0 saturated heterocycles. The van der Waals surface area contributed by atoms with Gasteiger partial charge in [0.25, 0.3) is 0 Å². The Morgan fingerprint density at radius 2 is 2.47 bits per heavy atom. The van der Waals surface area contributed by atoms with E-state index < -0.39 is 5.54 Å². The number of methoxy groups -OCH3 is 1. The Bertz CT molecular complexity index is 418. The SMILES string of the molecule is COC(=O)C(N)(CSc1nncn1C)C1CC1.